The van der Waals surface area contributed by atoms with E-state index in [1.165, 1.54) is 11.5 Å². The average Bonchev–Trinajstić information content (AvgIpc) is 2.76. The lowest BCUT2D eigenvalue weighted by Gasteiger charge is -2.16. The highest BCUT2D eigenvalue weighted by Gasteiger charge is 2.09. The molecule has 0 aliphatic carbocycles. The monoisotopic (exact) mass is 283 g/mol. The zero-order valence-corrected chi connectivity index (χ0v) is 11.8. The molecule has 0 saturated heterocycles. The highest BCUT2D eigenvalue weighted by molar-refractivity contribution is 7.03. The standard InChI is InChI=1S/C12H14ClN3OS/c1-16(6-9-3-11(13)5-14-4-9)7-10-8-18-15-12(10)17-2/h3-5,8H,6-7H2,1-2H3. The van der Waals surface area contributed by atoms with Gasteiger partial charge in [-0.15, -0.1) is 0 Å². The molecular formula is C12H14ClN3OS. The molecule has 18 heavy (non-hydrogen) atoms. The van der Waals surface area contributed by atoms with Crippen molar-refractivity contribution in [3.8, 4) is 5.88 Å². The summed E-state index contributed by atoms with van der Waals surface area (Å²) < 4.78 is 9.36. The number of hydrogen-bond acceptors (Lipinski definition) is 5. The van der Waals surface area contributed by atoms with E-state index < -0.39 is 0 Å². The van der Waals surface area contributed by atoms with Crippen molar-refractivity contribution < 1.29 is 4.74 Å². The molecule has 0 atom stereocenters. The Morgan fingerprint density at radius 3 is 2.94 bits per heavy atom. The molecule has 0 N–H and O–H groups in total. The van der Waals surface area contributed by atoms with Crippen molar-refractivity contribution in [2.45, 2.75) is 13.1 Å². The van der Waals surface area contributed by atoms with Crippen LogP contribution in [0.1, 0.15) is 11.1 Å². The van der Waals surface area contributed by atoms with Crippen molar-refractivity contribution in [2.75, 3.05) is 14.2 Å². The van der Waals surface area contributed by atoms with Crippen molar-refractivity contribution in [2.24, 2.45) is 0 Å². The van der Waals surface area contributed by atoms with E-state index in [4.69, 9.17) is 16.3 Å². The molecule has 0 saturated carbocycles. The van der Waals surface area contributed by atoms with E-state index >= 15 is 0 Å². The van der Waals surface area contributed by atoms with Gasteiger partial charge in [-0.2, -0.15) is 4.37 Å². The molecule has 0 aliphatic rings. The molecular weight excluding hydrogens is 270 g/mol. The highest BCUT2D eigenvalue weighted by atomic mass is 35.5. The minimum Gasteiger partial charge on any atom is -0.480 e. The Morgan fingerprint density at radius 1 is 1.39 bits per heavy atom. The van der Waals surface area contributed by atoms with Gasteiger partial charge < -0.3 is 4.74 Å². The van der Waals surface area contributed by atoms with Gasteiger partial charge in [0.15, 0.2) is 0 Å². The van der Waals surface area contributed by atoms with Crippen LogP contribution >= 0.6 is 23.1 Å². The van der Waals surface area contributed by atoms with Gasteiger partial charge >= 0.3 is 0 Å². The van der Waals surface area contributed by atoms with Gasteiger partial charge in [0.05, 0.1) is 12.1 Å². The Hall–Kier alpha value is -1.17. The normalized spacial score (nSPS) is 10.9. The van der Waals surface area contributed by atoms with E-state index in [1.807, 2.05) is 24.7 Å². The molecule has 0 bridgehead atoms. The smallest absolute Gasteiger partial charge is 0.229 e. The maximum Gasteiger partial charge on any atom is 0.229 e. The Labute approximate surface area is 115 Å². The van der Waals surface area contributed by atoms with Gasteiger partial charge in [0, 0.05) is 36.4 Å². The SMILES string of the molecule is COc1nscc1CN(C)Cc1cncc(Cl)c1. The topological polar surface area (TPSA) is 38.2 Å². The lowest BCUT2D eigenvalue weighted by molar-refractivity contribution is 0.309. The molecule has 4 nitrogen and oxygen atoms in total. The lowest BCUT2D eigenvalue weighted by atomic mass is 10.2. The van der Waals surface area contributed by atoms with Crippen molar-refractivity contribution in [1.29, 1.82) is 0 Å². The van der Waals surface area contributed by atoms with Crippen LogP contribution in [0.3, 0.4) is 0 Å². The van der Waals surface area contributed by atoms with E-state index in [0.717, 1.165) is 24.2 Å². The van der Waals surface area contributed by atoms with E-state index in [2.05, 4.69) is 14.3 Å². The third kappa shape index (κ3) is 3.41. The predicted molar refractivity (Wildman–Crippen MR) is 73.1 cm³/mol. The molecule has 6 heteroatoms. The van der Waals surface area contributed by atoms with Crippen LogP contribution in [0.15, 0.2) is 23.8 Å². The minimum atomic E-state index is 0.663. The molecule has 0 unspecified atom stereocenters. The minimum absolute atomic E-state index is 0.663. The second-order valence-corrected chi connectivity index (χ2v) is 5.10. The Bertz CT molecular complexity index is 518. The van der Waals surface area contributed by atoms with Crippen molar-refractivity contribution in [3.63, 3.8) is 0 Å². The van der Waals surface area contributed by atoms with Gasteiger partial charge in [0.25, 0.3) is 0 Å². The first kappa shape index (κ1) is 13.3. The molecule has 0 aromatic carbocycles. The summed E-state index contributed by atoms with van der Waals surface area (Å²) in [5.41, 5.74) is 2.19. The molecule has 0 fully saturated rings. The molecule has 0 amide bonds. The summed E-state index contributed by atoms with van der Waals surface area (Å²) in [6.45, 7) is 1.57. The summed E-state index contributed by atoms with van der Waals surface area (Å²) in [5.74, 6) is 0.705. The Morgan fingerprint density at radius 2 is 2.22 bits per heavy atom. The number of nitrogens with zero attached hydrogens (tertiary/aromatic N) is 3. The van der Waals surface area contributed by atoms with Crippen LogP contribution in [0.2, 0.25) is 5.02 Å². The maximum absolute atomic E-state index is 5.91. The van der Waals surface area contributed by atoms with Crippen LogP contribution in [0, 0.1) is 0 Å². The quantitative estimate of drug-likeness (QED) is 0.846. The predicted octanol–water partition coefficient (Wildman–Crippen LogP) is 2.83. The number of methoxy groups -OCH3 is 1. The third-order valence-electron chi connectivity index (χ3n) is 2.45. The molecule has 2 rings (SSSR count). The van der Waals surface area contributed by atoms with Crippen LogP contribution in [-0.4, -0.2) is 28.4 Å². The van der Waals surface area contributed by atoms with Crippen molar-refractivity contribution in [3.05, 3.63) is 40.0 Å². The summed E-state index contributed by atoms with van der Waals surface area (Å²) >= 11 is 7.32. The van der Waals surface area contributed by atoms with E-state index in [9.17, 15) is 0 Å². The van der Waals surface area contributed by atoms with Crippen LogP contribution < -0.4 is 4.74 Å². The number of pyridine rings is 1. The summed E-state index contributed by atoms with van der Waals surface area (Å²) in [4.78, 5) is 6.24. The first-order valence-electron chi connectivity index (χ1n) is 5.44. The second-order valence-electron chi connectivity index (χ2n) is 4.03. The van der Waals surface area contributed by atoms with Gasteiger partial charge in [-0.25, -0.2) is 0 Å². The molecule has 0 spiro atoms. The molecule has 96 valence electrons. The average molecular weight is 284 g/mol. The van der Waals surface area contributed by atoms with Crippen LogP contribution in [-0.2, 0) is 13.1 Å². The highest BCUT2D eigenvalue weighted by Crippen LogP contribution is 2.20. The molecule has 2 heterocycles. The van der Waals surface area contributed by atoms with E-state index in [1.54, 1.807) is 13.3 Å². The van der Waals surface area contributed by atoms with Gasteiger partial charge in [0.1, 0.15) is 0 Å². The molecule has 0 aliphatic heterocycles. The van der Waals surface area contributed by atoms with Crippen molar-refractivity contribution in [1.82, 2.24) is 14.3 Å². The van der Waals surface area contributed by atoms with Gasteiger partial charge in [-0.05, 0) is 30.2 Å². The fraction of sp³-hybridized carbons (Fsp3) is 0.333. The summed E-state index contributed by atoms with van der Waals surface area (Å²) in [5, 5.41) is 2.67. The Balaban J connectivity index is 1.98. The van der Waals surface area contributed by atoms with Crippen molar-refractivity contribution >= 4 is 23.1 Å². The van der Waals surface area contributed by atoms with Gasteiger partial charge in [0.2, 0.25) is 5.88 Å². The molecule has 2 aromatic heterocycles. The first-order valence-corrected chi connectivity index (χ1v) is 6.65. The zero-order valence-electron chi connectivity index (χ0n) is 10.3. The third-order valence-corrected chi connectivity index (χ3v) is 3.32. The molecule has 2 aromatic rings. The van der Waals surface area contributed by atoms with Gasteiger partial charge in [-0.1, -0.05) is 11.6 Å². The molecule has 0 radical (unpaired) electrons. The first-order chi connectivity index (χ1) is 8.69. The number of halogens is 1. The maximum atomic E-state index is 5.91. The van der Waals surface area contributed by atoms with Crippen LogP contribution in [0.5, 0.6) is 5.88 Å². The number of rotatable bonds is 5. The van der Waals surface area contributed by atoms with E-state index in [-0.39, 0.29) is 0 Å². The number of ether oxygens (including phenoxy) is 1. The summed E-state index contributed by atoms with van der Waals surface area (Å²) in [6, 6.07) is 1.92. The van der Waals surface area contributed by atoms with Crippen LogP contribution in [0.4, 0.5) is 0 Å². The zero-order chi connectivity index (χ0) is 13.0. The lowest BCUT2D eigenvalue weighted by Crippen LogP contribution is -2.17. The second kappa shape index (κ2) is 6.13. The summed E-state index contributed by atoms with van der Waals surface area (Å²) in [6.07, 6.45) is 3.46. The number of hydrogen-bond donors (Lipinski definition) is 0. The fourth-order valence-corrected chi connectivity index (χ4v) is 2.56. The number of aromatic nitrogens is 2. The van der Waals surface area contributed by atoms with Gasteiger partial charge in [-0.3, -0.25) is 9.88 Å². The fourth-order valence-electron chi connectivity index (χ4n) is 1.72. The Kier molecular flexibility index (Phi) is 4.52. The largest absolute Gasteiger partial charge is 0.480 e. The van der Waals surface area contributed by atoms with E-state index in [0.29, 0.717) is 10.9 Å². The van der Waals surface area contributed by atoms with Crippen LogP contribution in [0.25, 0.3) is 0 Å². The summed E-state index contributed by atoms with van der Waals surface area (Å²) in [7, 11) is 3.68.